The van der Waals surface area contributed by atoms with Crippen LogP contribution in [0.25, 0.3) is 0 Å². The molecule has 1 aliphatic carbocycles. The molecule has 0 aromatic carbocycles. The topological polar surface area (TPSA) is 73.9 Å². The third-order valence-electron chi connectivity index (χ3n) is 4.02. The summed E-state index contributed by atoms with van der Waals surface area (Å²) in [5.74, 6) is 0.325. The van der Waals surface area contributed by atoms with E-state index in [0.29, 0.717) is 5.84 Å². The van der Waals surface area contributed by atoms with Gasteiger partial charge in [-0.25, -0.2) is 0 Å². The van der Waals surface area contributed by atoms with Crippen molar-refractivity contribution in [3.8, 4) is 0 Å². The Hall–Kier alpha value is -0.810. The van der Waals surface area contributed by atoms with E-state index >= 15 is 0 Å². The highest BCUT2D eigenvalue weighted by atomic mass is 16.4. The van der Waals surface area contributed by atoms with E-state index in [1.54, 1.807) is 0 Å². The molecular formula is C14H30N4O. The van der Waals surface area contributed by atoms with E-state index in [1.165, 1.54) is 12.8 Å². The van der Waals surface area contributed by atoms with Crippen molar-refractivity contribution in [2.75, 3.05) is 26.7 Å². The molecule has 1 fully saturated rings. The molecule has 0 aromatic rings. The van der Waals surface area contributed by atoms with Crippen molar-refractivity contribution in [3.63, 3.8) is 0 Å². The number of oxime groups is 1. The number of hydrogen-bond acceptors (Lipinski definition) is 4. The summed E-state index contributed by atoms with van der Waals surface area (Å²) in [5.41, 5.74) is 5.45. The number of hydrogen-bond donors (Lipinski definition) is 3. The van der Waals surface area contributed by atoms with Crippen LogP contribution in [-0.4, -0.2) is 48.7 Å². The fraction of sp³-hybridized carbons (Fsp3) is 0.929. The van der Waals surface area contributed by atoms with Crippen LogP contribution in [0, 0.1) is 5.41 Å². The van der Waals surface area contributed by atoms with Crippen molar-refractivity contribution in [1.29, 1.82) is 0 Å². The molecule has 0 spiro atoms. The highest BCUT2D eigenvalue weighted by Gasteiger charge is 2.25. The summed E-state index contributed by atoms with van der Waals surface area (Å²) in [6.07, 6.45) is 5.93. The Morgan fingerprint density at radius 1 is 1.37 bits per heavy atom. The van der Waals surface area contributed by atoms with Gasteiger partial charge in [-0.3, -0.25) is 0 Å². The van der Waals surface area contributed by atoms with Crippen LogP contribution in [-0.2, 0) is 0 Å². The molecule has 1 saturated carbocycles. The Morgan fingerprint density at radius 3 is 2.63 bits per heavy atom. The molecule has 0 aromatic heterocycles. The van der Waals surface area contributed by atoms with E-state index in [9.17, 15) is 0 Å². The third kappa shape index (κ3) is 6.25. The standard InChI is InChI=1S/C14H30N4O/c1-14(2,13(15)17-19)8-4-5-9-16-10-11-18(3)12-6-7-12/h12,16,19H,4-11H2,1-3H3,(H2,15,17). The minimum absolute atomic E-state index is 0.207. The Labute approximate surface area is 117 Å². The average Bonchev–Trinajstić information content (AvgIpc) is 3.20. The summed E-state index contributed by atoms with van der Waals surface area (Å²) >= 11 is 0. The smallest absolute Gasteiger partial charge is 0.144 e. The van der Waals surface area contributed by atoms with E-state index in [1.807, 2.05) is 13.8 Å². The van der Waals surface area contributed by atoms with Crippen LogP contribution in [0.3, 0.4) is 0 Å². The average molecular weight is 270 g/mol. The van der Waals surface area contributed by atoms with Crippen molar-refractivity contribution >= 4 is 5.84 Å². The van der Waals surface area contributed by atoms with E-state index in [2.05, 4.69) is 22.4 Å². The summed E-state index contributed by atoms with van der Waals surface area (Å²) in [6, 6.07) is 0.850. The molecule has 0 amide bonds. The fourth-order valence-corrected chi connectivity index (χ4v) is 2.16. The number of rotatable bonds is 10. The van der Waals surface area contributed by atoms with Crippen LogP contribution in [0.5, 0.6) is 0 Å². The zero-order chi connectivity index (χ0) is 14.3. The zero-order valence-corrected chi connectivity index (χ0v) is 12.7. The number of nitrogens with one attached hydrogen (secondary N) is 1. The molecule has 0 radical (unpaired) electrons. The minimum atomic E-state index is -0.207. The van der Waals surface area contributed by atoms with Crippen molar-refractivity contribution in [2.45, 2.75) is 52.0 Å². The van der Waals surface area contributed by atoms with Crippen LogP contribution < -0.4 is 11.1 Å². The number of likely N-dealkylation sites (N-methyl/N-ethyl adjacent to an activating group) is 1. The first-order valence-corrected chi connectivity index (χ1v) is 7.36. The third-order valence-corrected chi connectivity index (χ3v) is 4.02. The summed E-state index contributed by atoms with van der Waals surface area (Å²) < 4.78 is 0. The van der Waals surface area contributed by atoms with E-state index in [0.717, 1.165) is 44.9 Å². The van der Waals surface area contributed by atoms with Gasteiger partial charge in [0.1, 0.15) is 5.84 Å². The van der Waals surface area contributed by atoms with E-state index < -0.39 is 0 Å². The van der Waals surface area contributed by atoms with Gasteiger partial charge in [0.2, 0.25) is 0 Å². The number of nitrogens with zero attached hydrogens (tertiary/aromatic N) is 2. The van der Waals surface area contributed by atoms with Gasteiger partial charge in [0.25, 0.3) is 0 Å². The normalized spacial score (nSPS) is 17.2. The number of amidine groups is 1. The molecule has 1 rings (SSSR count). The lowest BCUT2D eigenvalue weighted by Crippen LogP contribution is -2.32. The molecule has 0 bridgehead atoms. The number of unbranched alkanes of at least 4 members (excludes halogenated alkanes) is 1. The van der Waals surface area contributed by atoms with Crippen LogP contribution in [0.1, 0.15) is 46.0 Å². The molecule has 0 unspecified atom stereocenters. The van der Waals surface area contributed by atoms with Gasteiger partial charge in [0.05, 0.1) is 0 Å². The van der Waals surface area contributed by atoms with Crippen molar-refractivity contribution < 1.29 is 5.21 Å². The lowest BCUT2D eigenvalue weighted by Gasteiger charge is -2.22. The molecular weight excluding hydrogens is 240 g/mol. The highest BCUT2D eigenvalue weighted by molar-refractivity contribution is 5.85. The molecule has 0 aliphatic heterocycles. The molecule has 5 nitrogen and oxygen atoms in total. The minimum Gasteiger partial charge on any atom is -0.409 e. The first-order chi connectivity index (χ1) is 8.97. The molecule has 4 N–H and O–H groups in total. The lowest BCUT2D eigenvalue weighted by atomic mass is 9.86. The van der Waals surface area contributed by atoms with Gasteiger partial charge in [-0.2, -0.15) is 0 Å². The van der Waals surface area contributed by atoms with Crippen LogP contribution in [0.2, 0.25) is 0 Å². The first-order valence-electron chi connectivity index (χ1n) is 7.36. The molecule has 1 aliphatic rings. The van der Waals surface area contributed by atoms with Gasteiger partial charge in [0, 0.05) is 24.5 Å². The van der Waals surface area contributed by atoms with E-state index in [-0.39, 0.29) is 5.41 Å². The monoisotopic (exact) mass is 270 g/mol. The largest absolute Gasteiger partial charge is 0.409 e. The maximum absolute atomic E-state index is 8.69. The van der Waals surface area contributed by atoms with Crippen LogP contribution in [0.4, 0.5) is 0 Å². The van der Waals surface area contributed by atoms with Gasteiger partial charge >= 0.3 is 0 Å². The fourth-order valence-electron chi connectivity index (χ4n) is 2.16. The highest BCUT2D eigenvalue weighted by Crippen LogP contribution is 2.24. The van der Waals surface area contributed by atoms with Gasteiger partial charge in [-0.1, -0.05) is 25.4 Å². The second-order valence-electron chi connectivity index (χ2n) is 6.29. The van der Waals surface area contributed by atoms with Gasteiger partial charge in [0.15, 0.2) is 0 Å². The lowest BCUT2D eigenvalue weighted by molar-refractivity contribution is 0.303. The second kappa shape index (κ2) is 7.70. The first kappa shape index (κ1) is 16.2. The van der Waals surface area contributed by atoms with E-state index in [4.69, 9.17) is 10.9 Å². The zero-order valence-electron chi connectivity index (χ0n) is 12.7. The van der Waals surface area contributed by atoms with Crippen LogP contribution >= 0.6 is 0 Å². The van der Waals surface area contributed by atoms with Crippen molar-refractivity contribution in [2.24, 2.45) is 16.3 Å². The predicted molar refractivity (Wildman–Crippen MR) is 79.6 cm³/mol. The molecule has 5 heteroatoms. The molecule has 0 atom stereocenters. The molecule has 19 heavy (non-hydrogen) atoms. The van der Waals surface area contributed by atoms with Gasteiger partial charge in [-0.15, -0.1) is 0 Å². The Bertz CT molecular complexity index is 287. The number of nitrogens with two attached hydrogens (primary N) is 1. The Morgan fingerprint density at radius 2 is 2.05 bits per heavy atom. The van der Waals surface area contributed by atoms with Crippen molar-refractivity contribution in [3.05, 3.63) is 0 Å². The summed E-state index contributed by atoms with van der Waals surface area (Å²) in [4.78, 5) is 2.44. The Kier molecular flexibility index (Phi) is 6.58. The predicted octanol–water partition coefficient (Wildman–Crippen LogP) is 1.61. The summed E-state index contributed by atoms with van der Waals surface area (Å²) in [6.45, 7) is 7.28. The van der Waals surface area contributed by atoms with Crippen LogP contribution in [0.15, 0.2) is 5.16 Å². The summed E-state index contributed by atoms with van der Waals surface area (Å²) in [7, 11) is 2.21. The van der Waals surface area contributed by atoms with Crippen molar-refractivity contribution in [1.82, 2.24) is 10.2 Å². The Balaban J connectivity index is 1.95. The quantitative estimate of drug-likeness (QED) is 0.185. The second-order valence-corrected chi connectivity index (χ2v) is 6.29. The molecule has 0 saturated heterocycles. The maximum Gasteiger partial charge on any atom is 0.144 e. The summed E-state index contributed by atoms with van der Waals surface area (Å²) in [5, 5.41) is 15.3. The molecule has 0 heterocycles. The van der Waals surface area contributed by atoms with Gasteiger partial charge < -0.3 is 21.2 Å². The van der Waals surface area contributed by atoms with Gasteiger partial charge in [-0.05, 0) is 39.3 Å². The SMILES string of the molecule is CN(CCNCCCCC(C)(C)C(N)=NO)C1CC1. The molecule has 112 valence electrons. The maximum atomic E-state index is 8.69.